The summed E-state index contributed by atoms with van der Waals surface area (Å²) in [5.74, 6) is 0.141. The van der Waals surface area contributed by atoms with Gasteiger partial charge >= 0.3 is 0 Å². The van der Waals surface area contributed by atoms with Crippen LogP contribution in [0, 0.1) is 0 Å². The highest BCUT2D eigenvalue weighted by molar-refractivity contribution is 7.89. The minimum atomic E-state index is -3.65. The number of amides is 2. The van der Waals surface area contributed by atoms with Gasteiger partial charge in [0.2, 0.25) is 10.0 Å². The molecule has 0 bridgehead atoms. The van der Waals surface area contributed by atoms with E-state index in [0.717, 1.165) is 19.3 Å². The Bertz CT molecular complexity index is 1210. The van der Waals surface area contributed by atoms with Crippen LogP contribution in [0.2, 0.25) is 0 Å². The molecule has 194 valence electrons. The molecule has 11 heteroatoms. The number of carbonyl (C=O) groups excluding carboxylic acids is 2. The summed E-state index contributed by atoms with van der Waals surface area (Å²) in [7, 11) is -0.354. The second kappa shape index (κ2) is 12.5. The average molecular weight is 517 g/mol. The van der Waals surface area contributed by atoms with Gasteiger partial charge in [0.25, 0.3) is 11.8 Å². The lowest BCUT2D eigenvalue weighted by Crippen LogP contribution is -2.35. The van der Waals surface area contributed by atoms with Gasteiger partial charge in [-0.15, -0.1) is 0 Å². The fraction of sp³-hybridized carbons (Fsp3) is 0.400. The van der Waals surface area contributed by atoms with Crippen LogP contribution in [0.15, 0.2) is 52.5 Å². The second-order valence-electron chi connectivity index (χ2n) is 8.41. The molecule has 2 amide bonds. The molecule has 36 heavy (non-hydrogen) atoms. The van der Waals surface area contributed by atoms with E-state index in [0.29, 0.717) is 36.8 Å². The van der Waals surface area contributed by atoms with Crippen LogP contribution >= 0.6 is 0 Å². The predicted octanol–water partition coefficient (Wildman–Crippen LogP) is 2.49. The van der Waals surface area contributed by atoms with Crippen LogP contribution in [-0.2, 0) is 14.8 Å². The van der Waals surface area contributed by atoms with Crippen molar-refractivity contribution in [3.05, 3.63) is 53.6 Å². The van der Waals surface area contributed by atoms with Gasteiger partial charge in [0, 0.05) is 32.7 Å². The Morgan fingerprint density at radius 1 is 1.06 bits per heavy atom. The number of hydrogen-bond acceptors (Lipinski definition) is 7. The molecule has 0 aromatic heterocycles. The van der Waals surface area contributed by atoms with E-state index < -0.39 is 15.9 Å². The Balaban J connectivity index is 1.67. The quantitative estimate of drug-likeness (QED) is 0.383. The van der Waals surface area contributed by atoms with Gasteiger partial charge in [-0.2, -0.15) is 9.41 Å². The van der Waals surface area contributed by atoms with Crippen LogP contribution in [0.5, 0.6) is 11.5 Å². The monoisotopic (exact) mass is 516 g/mol. The summed E-state index contributed by atoms with van der Waals surface area (Å²) in [6.07, 6.45) is 4.12. The first-order valence-electron chi connectivity index (χ1n) is 11.8. The molecule has 3 rings (SSSR count). The molecule has 10 nitrogen and oxygen atoms in total. The van der Waals surface area contributed by atoms with Crippen molar-refractivity contribution in [3.8, 4) is 11.5 Å². The van der Waals surface area contributed by atoms with Crippen LogP contribution in [0.4, 0.5) is 0 Å². The predicted molar refractivity (Wildman–Crippen MR) is 136 cm³/mol. The molecule has 0 radical (unpaired) electrons. The maximum Gasteiger partial charge on any atom is 0.271 e. The third-order valence-electron chi connectivity index (χ3n) is 5.55. The Labute approximate surface area is 211 Å². The Morgan fingerprint density at radius 2 is 1.81 bits per heavy atom. The zero-order valence-electron chi connectivity index (χ0n) is 20.8. The topological polar surface area (TPSA) is 118 Å². The van der Waals surface area contributed by atoms with Crippen molar-refractivity contribution in [1.29, 1.82) is 0 Å². The maximum atomic E-state index is 12.9. The van der Waals surface area contributed by atoms with Gasteiger partial charge in [0.05, 0.1) is 17.7 Å². The highest BCUT2D eigenvalue weighted by Crippen LogP contribution is 2.28. The molecule has 0 atom stereocenters. The zero-order valence-corrected chi connectivity index (χ0v) is 21.6. The molecule has 0 unspecified atom stereocenters. The number of rotatable bonds is 10. The van der Waals surface area contributed by atoms with Crippen LogP contribution in [0.25, 0.3) is 0 Å². The normalized spacial score (nSPS) is 14.4. The molecule has 1 aliphatic heterocycles. The lowest BCUT2D eigenvalue weighted by atomic mass is 10.2. The largest absolute Gasteiger partial charge is 0.490 e. The highest BCUT2D eigenvalue weighted by Gasteiger charge is 2.26. The van der Waals surface area contributed by atoms with Crippen LogP contribution in [0.1, 0.15) is 42.1 Å². The van der Waals surface area contributed by atoms with Gasteiger partial charge in [-0.25, -0.2) is 13.8 Å². The fourth-order valence-electron chi connectivity index (χ4n) is 3.54. The summed E-state index contributed by atoms with van der Waals surface area (Å²) in [6, 6.07) is 11.0. The number of carbonyl (C=O) groups is 2. The minimum Gasteiger partial charge on any atom is -0.490 e. The number of ether oxygens (including phenoxy) is 2. The summed E-state index contributed by atoms with van der Waals surface area (Å²) in [6.45, 7) is 3.08. The number of likely N-dealkylation sites (N-methyl/N-ethyl adjacent to an activating group) is 1. The summed E-state index contributed by atoms with van der Waals surface area (Å²) in [5.41, 5.74) is 3.24. The molecule has 2 aromatic rings. The van der Waals surface area contributed by atoms with E-state index in [-0.39, 0.29) is 23.0 Å². The molecular weight excluding hydrogens is 484 g/mol. The second-order valence-corrected chi connectivity index (χ2v) is 10.3. The van der Waals surface area contributed by atoms with Crippen LogP contribution in [-0.4, -0.2) is 76.1 Å². The van der Waals surface area contributed by atoms with Crippen LogP contribution in [0.3, 0.4) is 0 Å². The molecule has 1 saturated heterocycles. The van der Waals surface area contributed by atoms with E-state index in [1.54, 1.807) is 38.4 Å². The summed E-state index contributed by atoms with van der Waals surface area (Å²) in [5, 5.41) is 3.99. The molecule has 1 N–H and O–H groups in total. The lowest BCUT2D eigenvalue weighted by Gasteiger charge is -2.25. The first-order valence-corrected chi connectivity index (χ1v) is 13.2. The molecule has 2 aromatic carbocycles. The van der Waals surface area contributed by atoms with Gasteiger partial charge in [0.15, 0.2) is 18.1 Å². The van der Waals surface area contributed by atoms with Gasteiger partial charge in [0.1, 0.15) is 0 Å². The minimum absolute atomic E-state index is 0.0886. The van der Waals surface area contributed by atoms with E-state index in [1.807, 2.05) is 6.92 Å². The highest BCUT2D eigenvalue weighted by atomic mass is 32.2. The van der Waals surface area contributed by atoms with E-state index in [2.05, 4.69) is 10.5 Å². The van der Waals surface area contributed by atoms with Crippen molar-refractivity contribution in [2.24, 2.45) is 5.10 Å². The Hall–Kier alpha value is -3.44. The fourth-order valence-corrected chi connectivity index (χ4v) is 5.11. The van der Waals surface area contributed by atoms with Crippen molar-refractivity contribution in [3.63, 3.8) is 0 Å². The van der Waals surface area contributed by atoms with Gasteiger partial charge in [-0.1, -0.05) is 12.5 Å². The third kappa shape index (κ3) is 7.05. The average Bonchev–Trinajstić information content (AvgIpc) is 2.88. The summed E-state index contributed by atoms with van der Waals surface area (Å²) < 4.78 is 38.5. The standard InChI is InChI=1S/C25H32N4O6S/c1-4-34-23-15-19(11-12-22(23)35-18-24(30)28(2)3)17-26-27-25(31)20-9-8-10-21(16-20)36(32,33)29-13-6-5-7-14-29/h8-12,15-17H,4-7,13-14,18H2,1-3H3,(H,27,31). The van der Waals surface area contributed by atoms with Crippen molar-refractivity contribution in [2.45, 2.75) is 31.1 Å². The van der Waals surface area contributed by atoms with Crippen molar-refractivity contribution in [1.82, 2.24) is 14.6 Å². The SMILES string of the molecule is CCOc1cc(C=NNC(=O)c2cccc(S(=O)(=O)N3CCCCC3)c2)ccc1OCC(=O)N(C)C. The lowest BCUT2D eigenvalue weighted by molar-refractivity contribution is -0.130. The first-order chi connectivity index (χ1) is 17.2. The number of benzene rings is 2. The molecule has 1 fully saturated rings. The summed E-state index contributed by atoms with van der Waals surface area (Å²) in [4.78, 5) is 25.9. The van der Waals surface area contributed by atoms with E-state index in [9.17, 15) is 18.0 Å². The first kappa shape index (κ1) is 27.2. The number of hydrogen-bond donors (Lipinski definition) is 1. The number of sulfonamides is 1. The molecule has 0 saturated carbocycles. The third-order valence-corrected chi connectivity index (χ3v) is 7.44. The number of nitrogens with one attached hydrogen (secondary N) is 1. The van der Waals surface area contributed by atoms with Crippen molar-refractivity contribution < 1.29 is 27.5 Å². The van der Waals surface area contributed by atoms with Gasteiger partial charge < -0.3 is 14.4 Å². The molecule has 0 spiro atoms. The number of nitrogens with zero attached hydrogens (tertiary/aromatic N) is 3. The molecule has 0 aliphatic carbocycles. The summed E-state index contributed by atoms with van der Waals surface area (Å²) >= 11 is 0. The molecule has 1 aliphatic rings. The molecule has 1 heterocycles. The smallest absolute Gasteiger partial charge is 0.271 e. The van der Waals surface area contributed by atoms with Gasteiger partial charge in [-0.3, -0.25) is 9.59 Å². The Morgan fingerprint density at radius 3 is 2.50 bits per heavy atom. The van der Waals surface area contributed by atoms with Crippen LogP contribution < -0.4 is 14.9 Å². The van der Waals surface area contributed by atoms with Crippen molar-refractivity contribution >= 4 is 28.1 Å². The van der Waals surface area contributed by atoms with Gasteiger partial charge in [-0.05, 0) is 61.7 Å². The van der Waals surface area contributed by atoms with E-state index >= 15 is 0 Å². The van der Waals surface area contributed by atoms with Crippen molar-refractivity contribution in [2.75, 3.05) is 40.4 Å². The van der Waals surface area contributed by atoms with E-state index in [4.69, 9.17) is 9.47 Å². The zero-order chi connectivity index (χ0) is 26.1. The van der Waals surface area contributed by atoms with E-state index in [1.165, 1.54) is 33.6 Å². The number of piperidine rings is 1. The number of hydrazone groups is 1. The maximum absolute atomic E-state index is 12.9. The molecular formula is C25H32N4O6S. The Kier molecular flexibility index (Phi) is 9.43.